The van der Waals surface area contributed by atoms with Gasteiger partial charge in [0.15, 0.2) is 5.82 Å². The zero-order chi connectivity index (χ0) is 26.0. The number of methoxy groups -OCH3 is 2. The molecule has 0 atom stereocenters. The van der Waals surface area contributed by atoms with E-state index in [0.717, 1.165) is 71.2 Å². The summed E-state index contributed by atoms with van der Waals surface area (Å²) in [7, 11) is 3.25. The molecule has 2 aromatic carbocycles. The molecule has 0 unspecified atom stereocenters. The maximum atomic E-state index is 12.8. The van der Waals surface area contributed by atoms with Gasteiger partial charge in [-0.1, -0.05) is 18.2 Å². The van der Waals surface area contributed by atoms with Gasteiger partial charge in [0.25, 0.3) is 0 Å². The first-order chi connectivity index (χ1) is 17.8. The lowest BCUT2D eigenvalue weighted by molar-refractivity contribution is -0.137. The molecule has 0 radical (unpaired) electrons. The Hall–Kier alpha value is -3.98. The van der Waals surface area contributed by atoms with Gasteiger partial charge in [-0.3, -0.25) is 9.88 Å². The van der Waals surface area contributed by atoms with Crippen LogP contribution < -0.4 is 9.47 Å². The normalized spacial score (nSPS) is 13.8. The van der Waals surface area contributed by atoms with Crippen molar-refractivity contribution >= 4 is 0 Å². The second kappa shape index (κ2) is 10.2. The average Bonchev–Trinajstić information content (AvgIpc) is 2.92. The van der Waals surface area contributed by atoms with E-state index in [1.54, 1.807) is 20.4 Å². The second-order valence-corrected chi connectivity index (χ2v) is 8.82. The third kappa shape index (κ3) is 5.41. The summed E-state index contributed by atoms with van der Waals surface area (Å²) < 4.78 is 49.4. The number of fused-ring (bicyclic) bond motifs is 1. The van der Waals surface area contributed by atoms with Crippen molar-refractivity contribution in [2.45, 2.75) is 25.7 Å². The summed E-state index contributed by atoms with van der Waals surface area (Å²) in [5.41, 5.74) is 4.57. The highest BCUT2D eigenvalue weighted by atomic mass is 19.4. The van der Waals surface area contributed by atoms with Crippen LogP contribution in [0.3, 0.4) is 0 Å². The van der Waals surface area contributed by atoms with Crippen LogP contribution in [-0.4, -0.2) is 40.6 Å². The fourth-order valence-electron chi connectivity index (χ4n) is 4.41. The number of pyridine rings is 1. The zero-order valence-corrected chi connectivity index (χ0v) is 20.4. The smallest absolute Gasteiger partial charge is 0.416 e. The number of benzene rings is 2. The van der Waals surface area contributed by atoms with Gasteiger partial charge in [-0.15, -0.1) is 0 Å². The molecule has 4 aromatic rings. The van der Waals surface area contributed by atoms with Crippen LogP contribution in [-0.2, 0) is 25.7 Å². The average molecular weight is 507 g/mol. The van der Waals surface area contributed by atoms with Crippen LogP contribution in [0.4, 0.5) is 13.2 Å². The molecule has 190 valence electrons. The summed E-state index contributed by atoms with van der Waals surface area (Å²) in [5.74, 6) is 1.90. The highest BCUT2D eigenvalue weighted by Gasteiger charge is 2.30. The third-order valence-corrected chi connectivity index (χ3v) is 6.40. The van der Waals surface area contributed by atoms with Gasteiger partial charge < -0.3 is 9.47 Å². The molecule has 5 rings (SSSR count). The van der Waals surface area contributed by atoms with Crippen LogP contribution in [0.2, 0.25) is 0 Å². The van der Waals surface area contributed by atoms with Crippen LogP contribution >= 0.6 is 0 Å². The first kappa shape index (κ1) is 24.7. The Morgan fingerprint density at radius 1 is 0.919 bits per heavy atom. The minimum Gasteiger partial charge on any atom is -0.497 e. The lowest BCUT2D eigenvalue weighted by atomic mass is 10.1. The lowest BCUT2D eigenvalue weighted by Crippen LogP contribution is -2.31. The molecule has 0 spiro atoms. The number of aromatic nitrogens is 3. The van der Waals surface area contributed by atoms with Crippen LogP contribution in [0.1, 0.15) is 22.4 Å². The van der Waals surface area contributed by atoms with Gasteiger partial charge in [0.1, 0.15) is 11.5 Å². The number of rotatable bonds is 6. The summed E-state index contributed by atoms with van der Waals surface area (Å²) in [6.07, 6.45) is 0.0143. The van der Waals surface area contributed by atoms with Crippen LogP contribution in [0.25, 0.3) is 22.6 Å². The number of hydrogen-bond acceptors (Lipinski definition) is 6. The Kier molecular flexibility index (Phi) is 6.80. The van der Waals surface area contributed by atoms with Crippen molar-refractivity contribution in [2.24, 2.45) is 0 Å². The maximum Gasteiger partial charge on any atom is 0.416 e. The van der Waals surface area contributed by atoms with Gasteiger partial charge in [-0.25, -0.2) is 9.97 Å². The van der Waals surface area contributed by atoms with Crippen LogP contribution in [0, 0.1) is 0 Å². The van der Waals surface area contributed by atoms with Gasteiger partial charge in [0, 0.05) is 55.1 Å². The molecule has 0 bridgehead atoms. The van der Waals surface area contributed by atoms with E-state index in [4.69, 9.17) is 9.47 Å². The predicted molar refractivity (Wildman–Crippen MR) is 133 cm³/mol. The minimum atomic E-state index is -4.36. The van der Waals surface area contributed by atoms with E-state index in [9.17, 15) is 13.2 Å². The first-order valence-corrected chi connectivity index (χ1v) is 11.8. The quantitative estimate of drug-likeness (QED) is 0.330. The summed E-state index contributed by atoms with van der Waals surface area (Å²) in [5, 5.41) is 0. The Morgan fingerprint density at radius 3 is 2.41 bits per heavy atom. The number of nitrogens with zero attached hydrogens (tertiary/aromatic N) is 4. The summed E-state index contributed by atoms with van der Waals surface area (Å²) >= 11 is 0. The molecule has 9 heteroatoms. The van der Waals surface area contributed by atoms with E-state index in [1.165, 1.54) is 12.1 Å². The second-order valence-electron chi connectivity index (χ2n) is 8.82. The standard InChI is InChI=1S/C28H25F3N4O2/c1-36-22-8-10-26(37-2)23(13-22)25-9-3-18(14-32-25)16-35-12-11-24-20(17-35)15-33-27(34-24)19-4-6-21(7-5-19)28(29,30)31/h3-10,13-15H,11-12,16-17H2,1-2H3. The predicted octanol–water partition coefficient (Wildman–Crippen LogP) is 5.80. The Morgan fingerprint density at radius 2 is 1.73 bits per heavy atom. The highest BCUT2D eigenvalue weighted by Crippen LogP contribution is 2.33. The molecule has 0 aliphatic carbocycles. The highest BCUT2D eigenvalue weighted by molar-refractivity contribution is 5.69. The molecule has 2 aromatic heterocycles. The number of hydrogen-bond donors (Lipinski definition) is 0. The van der Waals surface area contributed by atoms with E-state index in [0.29, 0.717) is 17.9 Å². The first-order valence-electron chi connectivity index (χ1n) is 11.8. The molecule has 0 saturated heterocycles. The van der Waals surface area contributed by atoms with Gasteiger partial charge in [0.2, 0.25) is 0 Å². The molecule has 0 N–H and O–H groups in total. The van der Waals surface area contributed by atoms with Gasteiger partial charge in [0.05, 0.1) is 31.2 Å². The monoisotopic (exact) mass is 506 g/mol. The number of ether oxygens (including phenoxy) is 2. The third-order valence-electron chi connectivity index (χ3n) is 6.40. The van der Waals surface area contributed by atoms with Crippen LogP contribution in [0.15, 0.2) is 67.0 Å². The van der Waals surface area contributed by atoms with E-state index >= 15 is 0 Å². The fraction of sp³-hybridized carbons (Fsp3) is 0.250. The van der Waals surface area contributed by atoms with Gasteiger partial charge >= 0.3 is 6.18 Å². The Balaban J connectivity index is 1.26. The lowest BCUT2D eigenvalue weighted by Gasteiger charge is -2.28. The topological polar surface area (TPSA) is 60.4 Å². The SMILES string of the molecule is COc1ccc(OC)c(-c2ccc(CN3CCc4nc(-c5ccc(C(F)(F)F)cc5)ncc4C3)cn2)c1. The maximum absolute atomic E-state index is 12.8. The van der Waals surface area contributed by atoms with Gasteiger partial charge in [-0.2, -0.15) is 13.2 Å². The number of alkyl halides is 3. The molecule has 0 fully saturated rings. The summed E-state index contributed by atoms with van der Waals surface area (Å²) in [6.45, 7) is 2.22. The van der Waals surface area contributed by atoms with Crippen molar-refractivity contribution in [1.29, 1.82) is 0 Å². The zero-order valence-electron chi connectivity index (χ0n) is 20.4. The van der Waals surface area contributed by atoms with Crippen LogP contribution in [0.5, 0.6) is 11.5 Å². The van der Waals surface area contributed by atoms with Crippen molar-refractivity contribution in [3.8, 4) is 34.1 Å². The Labute approximate surface area is 212 Å². The molecular formula is C28H25F3N4O2. The van der Waals surface area contributed by atoms with Crippen molar-refractivity contribution < 1.29 is 22.6 Å². The van der Waals surface area contributed by atoms with Crippen molar-refractivity contribution in [1.82, 2.24) is 19.9 Å². The minimum absolute atomic E-state index is 0.439. The molecule has 1 aliphatic heterocycles. The summed E-state index contributed by atoms with van der Waals surface area (Å²) in [6, 6.07) is 14.6. The van der Waals surface area contributed by atoms with Crippen molar-refractivity contribution in [3.63, 3.8) is 0 Å². The fourth-order valence-corrected chi connectivity index (χ4v) is 4.41. The van der Waals surface area contributed by atoms with E-state index < -0.39 is 11.7 Å². The Bertz CT molecular complexity index is 1390. The van der Waals surface area contributed by atoms with Crippen molar-refractivity contribution in [3.05, 3.63) is 89.4 Å². The largest absolute Gasteiger partial charge is 0.497 e. The van der Waals surface area contributed by atoms with E-state index in [-0.39, 0.29) is 0 Å². The molecule has 0 amide bonds. The van der Waals surface area contributed by atoms with E-state index in [1.807, 2.05) is 30.5 Å². The molecule has 1 aliphatic rings. The molecular weight excluding hydrogens is 481 g/mol. The molecule has 6 nitrogen and oxygen atoms in total. The van der Waals surface area contributed by atoms with Gasteiger partial charge in [-0.05, 0) is 42.0 Å². The number of halogens is 3. The molecule has 37 heavy (non-hydrogen) atoms. The molecule has 3 heterocycles. The van der Waals surface area contributed by atoms with Crippen molar-refractivity contribution in [2.75, 3.05) is 20.8 Å². The summed E-state index contributed by atoms with van der Waals surface area (Å²) in [4.78, 5) is 16.0. The van der Waals surface area contributed by atoms with E-state index in [2.05, 4.69) is 25.9 Å². The molecule has 0 saturated carbocycles.